The molecule has 3 aromatic heterocycles. The Morgan fingerprint density at radius 1 is 0.397 bits per heavy atom. The zero-order chi connectivity index (χ0) is 84.8. The molecule has 0 saturated heterocycles. The van der Waals surface area contributed by atoms with Crippen LogP contribution in [0.1, 0.15) is 215 Å². The maximum atomic E-state index is 13.1. The Balaban J connectivity index is -0.000000313. The van der Waals surface area contributed by atoms with E-state index in [4.69, 9.17) is 31.1 Å². The minimum absolute atomic E-state index is 0. The first-order valence-electron chi connectivity index (χ1n) is 33.9. The minimum atomic E-state index is -0.833. The van der Waals surface area contributed by atoms with E-state index in [-0.39, 0.29) is 96.1 Å². The van der Waals surface area contributed by atoms with Gasteiger partial charge in [0.15, 0.2) is 17.3 Å². The molecule has 0 spiro atoms. The number of halogens is 3. The molecule has 116 heavy (non-hydrogen) atoms. The number of cyclic esters (lactones) is 2. The molecule has 1 aliphatic rings. The van der Waals surface area contributed by atoms with E-state index in [0.717, 1.165) is 67.9 Å². The van der Waals surface area contributed by atoms with Crippen molar-refractivity contribution in [3.8, 4) is 0 Å². The van der Waals surface area contributed by atoms with Gasteiger partial charge in [0.1, 0.15) is 25.1 Å². The summed E-state index contributed by atoms with van der Waals surface area (Å²) in [5, 5.41) is 30.9. The number of fused-ring (bicyclic) bond motifs is 4. The van der Waals surface area contributed by atoms with Crippen molar-refractivity contribution in [1.82, 2.24) is 13.7 Å². The van der Waals surface area contributed by atoms with Gasteiger partial charge in [-0.3, -0.25) is 33.6 Å². The van der Waals surface area contributed by atoms with Crippen molar-refractivity contribution in [2.75, 3.05) is 14.2 Å². The summed E-state index contributed by atoms with van der Waals surface area (Å²) in [6.45, 7) is 40.8. The average molecular weight is 2020 g/mol. The number of hydrogen-bond donors (Lipinski definition) is 3. The number of aryl methyl sites for hydroxylation is 9. The minimum Gasteiger partial charge on any atom is -0.507 e. The van der Waals surface area contributed by atoms with Crippen molar-refractivity contribution in [2.24, 2.45) is 21.1 Å². The van der Waals surface area contributed by atoms with Crippen molar-refractivity contribution in [1.29, 1.82) is 0 Å². The van der Waals surface area contributed by atoms with Crippen LogP contribution >= 0.6 is 48.8 Å². The fourth-order valence-electron chi connectivity index (χ4n) is 12.0. The number of carbonyl (C=O) groups excluding carboxylic acids is 10. The number of carbonyl (C=O) groups is 11. The maximum Gasteiger partial charge on any atom is 0.346 e. The Kier molecular flexibility index (Phi) is 56.2. The molecule has 21 nitrogen and oxygen atoms in total. The quantitative estimate of drug-likeness (QED) is 0.0186. The average Bonchev–Trinajstić information content (AvgIpc) is 1.60. The first-order valence-corrected chi connectivity index (χ1v) is 40.6. The van der Waals surface area contributed by atoms with Crippen LogP contribution in [0.2, 0.25) is 0 Å². The van der Waals surface area contributed by atoms with E-state index in [2.05, 4.69) is 148 Å². The first kappa shape index (κ1) is 117. The predicted molar refractivity (Wildman–Crippen MR) is 487 cm³/mol. The molecule has 0 fully saturated rings. The molecule has 635 valence electrons. The molecular formula is C91H118ClI2IrN3O18. The van der Waals surface area contributed by atoms with E-state index in [1.807, 2.05) is 98.0 Å². The number of hydrogen-bond acceptors (Lipinski definition) is 16. The molecule has 0 amide bonds. The topological polar surface area (TPSA) is 322 Å². The van der Waals surface area contributed by atoms with Crippen LogP contribution in [-0.4, -0.2) is 115 Å². The van der Waals surface area contributed by atoms with Gasteiger partial charge in [-0.2, -0.15) is 0 Å². The van der Waals surface area contributed by atoms with Gasteiger partial charge in [0.05, 0.1) is 53.0 Å². The number of aliphatic hydroxyl groups excluding tert-OH is 2. The van der Waals surface area contributed by atoms with Gasteiger partial charge >= 0.3 is 23.9 Å². The van der Waals surface area contributed by atoms with Gasteiger partial charge in [-0.15, -0.1) is 0 Å². The second-order valence-corrected chi connectivity index (χ2v) is 25.4. The van der Waals surface area contributed by atoms with Crippen molar-refractivity contribution < 1.29 is 108 Å². The van der Waals surface area contributed by atoms with E-state index in [1.165, 1.54) is 101 Å². The standard InChI is InChI=1S/2C23H25NO2.C16H21NO.C8H4O3.C7H5ClO.2C3H6O2.C2H4O2.2CH2O.4CH4.I2.Ir.H2O/c2*1-13-14(2)16(4)23-21(15(13)3)22(17(5)24(23)6)20(26)12-19(25)18-10-8-7-9-11-18;1-8-9(2)11(4)16-14(10(8)3)15(13(6)18)12(5)17(16)7;9-7-5-3-1-2-4-6(5)8(10)11-7;8-7(9)6-4-2-1-3-5-6;2*1-3(4)5-2;1-2(3)4;2*1-2;;;;;1-2;;/h2*7-12,25H,1-6H3;1-7H3;1-4H;1-5H;2*1-2H3;1H3,(H,3,4);2*1H2;4*1H4;;;1H2/b2*19-12-;;;;;;;;;;;;;;;. The van der Waals surface area contributed by atoms with E-state index in [1.54, 1.807) is 79.7 Å². The van der Waals surface area contributed by atoms with Crippen LogP contribution < -0.4 is 0 Å². The molecule has 11 rings (SSSR count). The molecule has 0 atom stereocenters. The molecule has 1 aliphatic heterocycles. The number of Topliss-reactive ketones (excluding diaryl/α,β-unsaturated/α-hetero) is 1. The molecule has 10 aromatic rings. The number of allylic oxidation sites excluding steroid dienone is 2. The summed E-state index contributed by atoms with van der Waals surface area (Å²) in [4.78, 5) is 114. The van der Waals surface area contributed by atoms with Crippen LogP contribution in [0.4, 0.5) is 0 Å². The van der Waals surface area contributed by atoms with E-state index >= 15 is 0 Å². The number of methoxy groups -OCH3 is 2. The van der Waals surface area contributed by atoms with Crippen molar-refractivity contribution in [3.63, 3.8) is 0 Å². The van der Waals surface area contributed by atoms with Crippen molar-refractivity contribution in [3.05, 3.63) is 256 Å². The summed E-state index contributed by atoms with van der Waals surface area (Å²) in [7, 11) is 8.74. The van der Waals surface area contributed by atoms with Crippen molar-refractivity contribution >= 4 is 159 Å². The number of aromatic nitrogens is 3. The second kappa shape index (κ2) is 55.7. The number of esters is 4. The summed E-state index contributed by atoms with van der Waals surface area (Å²) in [6, 6.07) is 33.5. The second-order valence-electron chi connectivity index (χ2n) is 25.1. The fourth-order valence-corrected chi connectivity index (χ4v) is 12.1. The summed E-state index contributed by atoms with van der Waals surface area (Å²) in [5.74, 6) is -2.62. The predicted octanol–water partition coefficient (Wildman–Crippen LogP) is 21.6. The van der Waals surface area contributed by atoms with Gasteiger partial charge < -0.3 is 58.3 Å². The monoisotopic (exact) mass is 2020 g/mol. The molecule has 4 heterocycles. The van der Waals surface area contributed by atoms with Crippen LogP contribution in [0.5, 0.6) is 0 Å². The Hall–Kier alpha value is -9.83. The Labute approximate surface area is 727 Å². The van der Waals surface area contributed by atoms with E-state index in [0.29, 0.717) is 38.9 Å². The van der Waals surface area contributed by atoms with Gasteiger partial charge in [-0.05, 0) is 201 Å². The zero-order valence-electron chi connectivity index (χ0n) is 67.9. The fraction of sp³-hybridized carbons (Fsp3) is 0.308. The number of nitrogens with zero attached hydrogens (tertiary/aromatic N) is 3. The number of aliphatic hydroxyl groups is 2. The molecule has 0 saturated carbocycles. The van der Waals surface area contributed by atoms with Gasteiger partial charge in [0.25, 0.3) is 11.2 Å². The summed E-state index contributed by atoms with van der Waals surface area (Å²) >= 11 is 9.40. The zero-order valence-corrected chi connectivity index (χ0v) is 75.4. The first-order chi connectivity index (χ1) is 51.7. The molecule has 5 N–H and O–H groups in total. The molecule has 7 aromatic carbocycles. The smallest absolute Gasteiger partial charge is 0.346 e. The Morgan fingerprint density at radius 3 is 0.819 bits per heavy atom. The summed E-state index contributed by atoms with van der Waals surface area (Å²) in [5.41, 5.74) is 25.8. The molecule has 25 heteroatoms. The Bertz CT molecular complexity index is 4850. The van der Waals surface area contributed by atoms with Crippen molar-refractivity contribution in [2.45, 2.75) is 161 Å². The number of benzene rings is 7. The number of ether oxygens (including phenoxy) is 3. The van der Waals surface area contributed by atoms with Gasteiger partial charge in [0.2, 0.25) is 0 Å². The maximum absolute atomic E-state index is 13.1. The molecule has 0 unspecified atom stereocenters. The number of carboxylic acid groups (broad SMARTS) is 1. The number of ketones is 3. The molecule has 0 bridgehead atoms. The van der Waals surface area contributed by atoms with Gasteiger partial charge in [-0.25, -0.2) is 9.59 Å². The van der Waals surface area contributed by atoms with Gasteiger partial charge in [-0.1, -0.05) is 133 Å². The molecule has 0 aliphatic carbocycles. The van der Waals surface area contributed by atoms with Gasteiger partial charge in [0, 0.05) is 167 Å². The molecular weight excluding hydrogens is 1900 g/mol. The molecule has 1 radical (unpaired) electrons. The van der Waals surface area contributed by atoms with Crippen LogP contribution in [-0.2, 0) is 79.4 Å². The van der Waals surface area contributed by atoms with Crippen LogP contribution in [0.3, 0.4) is 0 Å². The van der Waals surface area contributed by atoms with Crippen LogP contribution in [0.25, 0.3) is 44.2 Å². The summed E-state index contributed by atoms with van der Waals surface area (Å²) in [6.07, 6.45) is 2.67. The largest absolute Gasteiger partial charge is 0.507 e. The number of carboxylic acids is 1. The summed E-state index contributed by atoms with van der Waals surface area (Å²) < 4.78 is 18.9. The van der Waals surface area contributed by atoms with Crippen LogP contribution in [0.15, 0.2) is 127 Å². The number of aliphatic carboxylic acids is 1. The normalized spacial score (nSPS) is 10.1. The third kappa shape index (κ3) is 29.7. The van der Waals surface area contributed by atoms with E-state index in [9.17, 15) is 48.6 Å². The third-order valence-corrected chi connectivity index (χ3v) is 19.2. The van der Waals surface area contributed by atoms with E-state index < -0.39 is 23.2 Å². The number of rotatable bonds is 8. The van der Waals surface area contributed by atoms with Crippen LogP contribution in [0, 0.1) is 104 Å². The third-order valence-electron chi connectivity index (χ3n) is 19.0. The SMILES string of the molecule is C.C.C.C.C=O.C=O.CC(=O)O.CC(=O)c1c(C)n(C)c2c(C)c(C)c(C)c(C)c12.COC(C)=O.COC(C)=O.Cc1c(C)c(C)c2c(c1C)c(C(=O)/C=C(\O)c1ccccc1)c(C)n2C.Cc1c(C)c(C)c2c(c1C)c(C(=O)/C=C(\O)c1ccccc1)c(C)n2C.II.O.O=C(Cl)c1ccccc1.O=C1OC(=O)c2ccccc21.[Ir]. The Morgan fingerprint density at radius 2 is 0.603 bits per heavy atom.